The molecule has 0 saturated heterocycles. The highest BCUT2D eigenvalue weighted by Crippen LogP contribution is 2.21. The molecule has 2 N–H and O–H groups in total. The van der Waals surface area contributed by atoms with Crippen molar-refractivity contribution in [3.8, 4) is 17.0 Å². The molecule has 2 rings (SSSR count). The van der Waals surface area contributed by atoms with Crippen molar-refractivity contribution in [3.05, 3.63) is 36.5 Å². The summed E-state index contributed by atoms with van der Waals surface area (Å²) in [5.41, 5.74) is 7.73. The molecule has 4 heteroatoms. The van der Waals surface area contributed by atoms with Crippen molar-refractivity contribution in [2.45, 2.75) is 6.54 Å². The lowest BCUT2D eigenvalue weighted by Crippen LogP contribution is -2.11. The van der Waals surface area contributed by atoms with E-state index in [-0.39, 0.29) is 0 Å². The Balaban J connectivity index is 2.31. The van der Waals surface area contributed by atoms with Gasteiger partial charge in [-0.2, -0.15) is 5.10 Å². The zero-order valence-electron chi connectivity index (χ0n) is 9.26. The maximum Gasteiger partial charge on any atom is 0.118 e. The first-order valence-corrected chi connectivity index (χ1v) is 5.21. The van der Waals surface area contributed by atoms with Gasteiger partial charge in [-0.25, -0.2) is 0 Å². The lowest BCUT2D eigenvalue weighted by atomic mass is 10.1. The minimum absolute atomic E-state index is 0.588. The summed E-state index contributed by atoms with van der Waals surface area (Å²) < 4.78 is 7.03. The molecule has 0 fully saturated rings. The Kier molecular flexibility index (Phi) is 3.22. The van der Waals surface area contributed by atoms with Crippen LogP contribution in [-0.4, -0.2) is 23.4 Å². The summed E-state index contributed by atoms with van der Waals surface area (Å²) in [6, 6.07) is 9.90. The molecule has 0 unspecified atom stereocenters. The summed E-state index contributed by atoms with van der Waals surface area (Å²) in [5, 5.41) is 4.23. The third kappa shape index (κ3) is 2.06. The maximum absolute atomic E-state index is 5.53. The normalized spacial score (nSPS) is 10.4. The van der Waals surface area contributed by atoms with Crippen LogP contribution in [0.4, 0.5) is 0 Å². The van der Waals surface area contributed by atoms with Crippen molar-refractivity contribution in [2.24, 2.45) is 5.73 Å². The SMILES string of the molecule is COc1ccc(-c2ccnn2CCN)cc1. The second-order valence-electron chi connectivity index (χ2n) is 3.46. The molecule has 1 aromatic carbocycles. The number of rotatable bonds is 4. The minimum Gasteiger partial charge on any atom is -0.497 e. The van der Waals surface area contributed by atoms with Crippen LogP contribution in [0.2, 0.25) is 0 Å². The van der Waals surface area contributed by atoms with Gasteiger partial charge in [-0.3, -0.25) is 4.68 Å². The molecule has 0 aliphatic rings. The quantitative estimate of drug-likeness (QED) is 0.844. The van der Waals surface area contributed by atoms with Gasteiger partial charge in [0, 0.05) is 18.3 Å². The second-order valence-corrected chi connectivity index (χ2v) is 3.46. The van der Waals surface area contributed by atoms with Gasteiger partial charge < -0.3 is 10.5 Å². The van der Waals surface area contributed by atoms with E-state index >= 15 is 0 Å². The van der Waals surface area contributed by atoms with E-state index in [0.717, 1.165) is 23.6 Å². The molecule has 16 heavy (non-hydrogen) atoms. The Bertz CT molecular complexity index is 448. The van der Waals surface area contributed by atoms with E-state index in [1.807, 2.05) is 35.0 Å². The van der Waals surface area contributed by atoms with Gasteiger partial charge >= 0.3 is 0 Å². The number of nitrogens with zero attached hydrogens (tertiary/aromatic N) is 2. The molecular formula is C12H15N3O. The first kappa shape index (κ1) is 10.7. The van der Waals surface area contributed by atoms with E-state index in [2.05, 4.69) is 5.10 Å². The highest BCUT2D eigenvalue weighted by molar-refractivity contribution is 5.60. The molecule has 4 nitrogen and oxygen atoms in total. The van der Waals surface area contributed by atoms with Gasteiger partial charge in [0.25, 0.3) is 0 Å². The number of ether oxygens (including phenoxy) is 1. The van der Waals surface area contributed by atoms with Crippen molar-refractivity contribution in [2.75, 3.05) is 13.7 Å². The Hall–Kier alpha value is -1.81. The topological polar surface area (TPSA) is 53.1 Å². The molecular weight excluding hydrogens is 202 g/mol. The predicted octanol–water partition coefficient (Wildman–Crippen LogP) is 1.52. The standard InChI is InChI=1S/C12H15N3O/c1-16-11-4-2-10(3-5-11)12-6-8-14-15(12)9-7-13/h2-6,8H,7,9,13H2,1H3. The number of hydrogen-bond donors (Lipinski definition) is 1. The fourth-order valence-corrected chi connectivity index (χ4v) is 1.64. The van der Waals surface area contributed by atoms with Crippen molar-refractivity contribution < 1.29 is 4.74 Å². The molecule has 0 spiro atoms. The van der Waals surface area contributed by atoms with Gasteiger partial charge in [-0.05, 0) is 30.3 Å². The molecule has 1 heterocycles. The fraction of sp³-hybridized carbons (Fsp3) is 0.250. The molecule has 0 aliphatic carbocycles. The first-order valence-electron chi connectivity index (χ1n) is 5.21. The number of methoxy groups -OCH3 is 1. The Morgan fingerprint density at radius 2 is 2.00 bits per heavy atom. The van der Waals surface area contributed by atoms with Gasteiger partial charge in [0.15, 0.2) is 0 Å². The highest BCUT2D eigenvalue weighted by atomic mass is 16.5. The highest BCUT2D eigenvalue weighted by Gasteiger charge is 2.04. The van der Waals surface area contributed by atoms with E-state index < -0.39 is 0 Å². The van der Waals surface area contributed by atoms with Crippen LogP contribution in [0.1, 0.15) is 0 Å². The fourth-order valence-electron chi connectivity index (χ4n) is 1.64. The number of aromatic nitrogens is 2. The van der Waals surface area contributed by atoms with Gasteiger partial charge in [0.1, 0.15) is 5.75 Å². The summed E-state index contributed by atoms with van der Waals surface area (Å²) in [5.74, 6) is 0.855. The van der Waals surface area contributed by atoms with Crippen molar-refractivity contribution in [1.82, 2.24) is 9.78 Å². The molecule has 0 atom stereocenters. The summed E-state index contributed by atoms with van der Waals surface area (Å²) in [7, 11) is 1.66. The molecule has 0 bridgehead atoms. The molecule has 0 radical (unpaired) electrons. The minimum atomic E-state index is 0.588. The average molecular weight is 217 g/mol. The molecule has 0 aliphatic heterocycles. The predicted molar refractivity (Wildman–Crippen MR) is 63.3 cm³/mol. The second kappa shape index (κ2) is 4.81. The Morgan fingerprint density at radius 3 is 2.62 bits per heavy atom. The van der Waals surface area contributed by atoms with Gasteiger partial charge in [-0.1, -0.05) is 0 Å². The van der Waals surface area contributed by atoms with E-state index in [1.165, 1.54) is 0 Å². The van der Waals surface area contributed by atoms with Crippen molar-refractivity contribution in [3.63, 3.8) is 0 Å². The third-order valence-electron chi connectivity index (χ3n) is 2.44. The maximum atomic E-state index is 5.53. The summed E-state index contributed by atoms with van der Waals surface area (Å²) in [6.45, 7) is 1.32. The van der Waals surface area contributed by atoms with Crippen LogP contribution >= 0.6 is 0 Å². The van der Waals surface area contributed by atoms with Crippen LogP contribution in [0.5, 0.6) is 5.75 Å². The largest absolute Gasteiger partial charge is 0.497 e. The summed E-state index contributed by atoms with van der Waals surface area (Å²) >= 11 is 0. The lowest BCUT2D eigenvalue weighted by molar-refractivity contribution is 0.415. The molecule has 2 aromatic rings. The molecule has 84 valence electrons. The zero-order valence-corrected chi connectivity index (χ0v) is 9.26. The van der Waals surface area contributed by atoms with Crippen LogP contribution < -0.4 is 10.5 Å². The average Bonchev–Trinajstić information content (AvgIpc) is 2.78. The molecule has 1 aromatic heterocycles. The molecule has 0 saturated carbocycles. The van der Waals surface area contributed by atoms with Crippen LogP contribution in [0.15, 0.2) is 36.5 Å². The first-order chi connectivity index (χ1) is 7.85. The van der Waals surface area contributed by atoms with E-state index in [0.29, 0.717) is 6.54 Å². The number of nitrogens with two attached hydrogens (primary N) is 1. The van der Waals surface area contributed by atoms with E-state index in [1.54, 1.807) is 13.3 Å². The van der Waals surface area contributed by atoms with E-state index in [9.17, 15) is 0 Å². The Morgan fingerprint density at radius 1 is 1.25 bits per heavy atom. The van der Waals surface area contributed by atoms with E-state index in [4.69, 9.17) is 10.5 Å². The summed E-state index contributed by atoms with van der Waals surface area (Å²) in [4.78, 5) is 0. The monoisotopic (exact) mass is 217 g/mol. The zero-order chi connectivity index (χ0) is 11.4. The summed E-state index contributed by atoms with van der Waals surface area (Å²) in [6.07, 6.45) is 1.79. The van der Waals surface area contributed by atoms with Gasteiger partial charge in [0.2, 0.25) is 0 Å². The molecule has 0 amide bonds. The van der Waals surface area contributed by atoms with Gasteiger partial charge in [0.05, 0.1) is 19.3 Å². The van der Waals surface area contributed by atoms with Gasteiger partial charge in [-0.15, -0.1) is 0 Å². The van der Waals surface area contributed by atoms with Crippen LogP contribution in [0.3, 0.4) is 0 Å². The van der Waals surface area contributed by atoms with Crippen molar-refractivity contribution >= 4 is 0 Å². The Labute approximate surface area is 94.6 Å². The smallest absolute Gasteiger partial charge is 0.118 e. The number of hydrogen-bond acceptors (Lipinski definition) is 3. The lowest BCUT2D eigenvalue weighted by Gasteiger charge is -2.06. The van der Waals surface area contributed by atoms with Crippen molar-refractivity contribution in [1.29, 1.82) is 0 Å². The van der Waals surface area contributed by atoms with Crippen LogP contribution in [0.25, 0.3) is 11.3 Å². The van der Waals surface area contributed by atoms with Crippen LogP contribution in [-0.2, 0) is 6.54 Å². The third-order valence-corrected chi connectivity index (χ3v) is 2.44. The van der Waals surface area contributed by atoms with Crippen LogP contribution in [0, 0.1) is 0 Å². The number of benzene rings is 1.